The van der Waals surface area contributed by atoms with Gasteiger partial charge in [-0.15, -0.1) is 0 Å². The average Bonchev–Trinajstić information content (AvgIpc) is 3.47. The highest BCUT2D eigenvalue weighted by atomic mass is 16.5. The van der Waals surface area contributed by atoms with Gasteiger partial charge in [0.1, 0.15) is 0 Å². The molecule has 1 aromatic heterocycles. The van der Waals surface area contributed by atoms with Gasteiger partial charge in [-0.25, -0.2) is 4.79 Å². The SMILES string of the molecule is C[C@H](OC(=O)c1ccc2[nH]c3c(c2c1)CCCC3)C(=O)N[C@H](C)[C@@H]1C[C@H]2CC[C@H]1C2. The van der Waals surface area contributed by atoms with Crippen molar-refractivity contribution in [1.82, 2.24) is 10.3 Å². The minimum absolute atomic E-state index is 0.136. The second-order valence-corrected chi connectivity index (χ2v) is 9.73. The number of aryl methyl sites for hydroxylation is 2. The highest BCUT2D eigenvalue weighted by Gasteiger charge is 2.42. The maximum atomic E-state index is 12.7. The van der Waals surface area contributed by atoms with Gasteiger partial charge in [0.25, 0.3) is 5.91 Å². The summed E-state index contributed by atoms with van der Waals surface area (Å²) in [6.07, 6.45) is 8.91. The Morgan fingerprint density at radius 2 is 1.97 bits per heavy atom. The fourth-order valence-corrected chi connectivity index (χ4v) is 6.17. The van der Waals surface area contributed by atoms with E-state index in [4.69, 9.17) is 4.74 Å². The summed E-state index contributed by atoms with van der Waals surface area (Å²) in [5.74, 6) is 1.54. The molecule has 1 heterocycles. The van der Waals surface area contributed by atoms with Gasteiger partial charge >= 0.3 is 5.97 Å². The van der Waals surface area contributed by atoms with Gasteiger partial charge in [0.05, 0.1) is 5.56 Å². The van der Waals surface area contributed by atoms with Gasteiger partial charge in [-0.2, -0.15) is 0 Å². The maximum absolute atomic E-state index is 12.7. The number of hydrogen-bond donors (Lipinski definition) is 2. The van der Waals surface area contributed by atoms with Crippen LogP contribution in [0.3, 0.4) is 0 Å². The van der Waals surface area contributed by atoms with Crippen molar-refractivity contribution in [2.75, 3.05) is 0 Å². The number of rotatable bonds is 5. The average molecular weight is 409 g/mol. The molecule has 1 amide bonds. The molecule has 2 fully saturated rings. The van der Waals surface area contributed by atoms with Crippen LogP contribution >= 0.6 is 0 Å². The minimum Gasteiger partial charge on any atom is -0.449 e. The molecule has 0 unspecified atom stereocenters. The number of H-pyrrole nitrogens is 1. The summed E-state index contributed by atoms with van der Waals surface area (Å²) in [5.41, 5.74) is 4.21. The number of amides is 1. The molecule has 5 rings (SSSR count). The zero-order valence-electron chi connectivity index (χ0n) is 18.0. The Hall–Kier alpha value is -2.30. The van der Waals surface area contributed by atoms with E-state index in [1.54, 1.807) is 13.0 Å². The third-order valence-corrected chi connectivity index (χ3v) is 7.79. The van der Waals surface area contributed by atoms with Gasteiger partial charge in [0.15, 0.2) is 6.10 Å². The predicted molar refractivity (Wildman–Crippen MR) is 116 cm³/mol. The van der Waals surface area contributed by atoms with Gasteiger partial charge in [-0.1, -0.05) is 6.42 Å². The van der Waals surface area contributed by atoms with Crippen LogP contribution in [0.5, 0.6) is 0 Å². The van der Waals surface area contributed by atoms with Crippen LogP contribution in [0.25, 0.3) is 10.9 Å². The van der Waals surface area contributed by atoms with Gasteiger partial charge in [0, 0.05) is 22.6 Å². The first-order valence-corrected chi connectivity index (χ1v) is 11.6. The molecule has 5 atom stereocenters. The van der Waals surface area contributed by atoms with Gasteiger partial charge in [0.2, 0.25) is 0 Å². The number of aromatic nitrogens is 1. The van der Waals surface area contributed by atoms with Gasteiger partial charge < -0.3 is 15.0 Å². The van der Waals surface area contributed by atoms with E-state index in [-0.39, 0.29) is 11.9 Å². The largest absolute Gasteiger partial charge is 0.449 e. The lowest BCUT2D eigenvalue weighted by molar-refractivity contribution is -0.130. The lowest BCUT2D eigenvalue weighted by Crippen LogP contribution is -2.45. The number of carbonyl (C=O) groups is 2. The molecule has 0 saturated heterocycles. The summed E-state index contributed by atoms with van der Waals surface area (Å²) in [5, 5.41) is 4.22. The highest BCUT2D eigenvalue weighted by molar-refractivity contribution is 5.97. The van der Waals surface area contributed by atoms with E-state index in [1.165, 1.54) is 49.8 Å². The van der Waals surface area contributed by atoms with Crippen LogP contribution in [-0.4, -0.2) is 29.0 Å². The fourth-order valence-electron chi connectivity index (χ4n) is 6.17. The van der Waals surface area contributed by atoms with Crippen LogP contribution in [0.4, 0.5) is 0 Å². The van der Waals surface area contributed by atoms with E-state index in [2.05, 4.69) is 17.2 Å². The number of carbonyl (C=O) groups excluding carboxylic acids is 2. The summed E-state index contributed by atoms with van der Waals surface area (Å²) in [7, 11) is 0. The zero-order valence-corrected chi connectivity index (χ0v) is 18.0. The molecule has 160 valence electrons. The van der Waals surface area contributed by atoms with Crippen molar-refractivity contribution in [2.24, 2.45) is 17.8 Å². The maximum Gasteiger partial charge on any atom is 0.338 e. The number of aromatic amines is 1. The van der Waals surface area contributed by atoms with E-state index in [0.717, 1.165) is 35.6 Å². The Bertz CT molecular complexity index is 978. The van der Waals surface area contributed by atoms with Crippen molar-refractivity contribution < 1.29 is 14.3 Å². The molecule has 3 aliphatic rings. The van der Waals surface area contributed by atoms with Crippen molar-refractivity contribution in [2.45, 2.75) is 77.4 Å². The molecular formula is C25H32N2O3. The van der Waals surface area contributed by atoms with Crippen LogP contribution in [0.1, 0.15) is 74.0 Å². The topological polar surface area (TPSA) is 71.2 Å². The van der Waals surface area contributed by atoms with Crippen molar-refractivity contribution in [3.8, 4) is 0 Å². The molecule has 2 bridgehead atoms. The summed E-state index contributed by atoms with van der Waals surface area (Å²) < 4.78 is 5.53. The summed E-state index contributed by atoms with van der Waals surface area (Å²) in [6.45, 7) is 3.76. The second kappa shape index (κ2) is 7.75. The molecule has 0 aliphatic heterocycles. The first-order chi connectivity index (χ1) is 14.5. The molecule has 3 aliphatic carbocycles. The molecule has 30 heavy (non-hydrogen) atoms. The Kier molecular flexibility index (Phi) is 5.08. The first kappa shape index (κ1) is 19.7. The van der Waals surface area contributed by atoms with Crippen LogP contribution < -0.4 is 5.32 Å². The molecule has 0 radical (unpaired) electrons. The van der Waals surface area contributed by atoms with Gasteiger partial charge in [-0.3, -0.25) is 4.79 Å². The number of ether oxygens (including phenoxy) is 1. The Labute approximate surface area is 177 Å². The van der Waals surface area contributed by atoms with E-state index in [0.29, 0.717) is 11.5 Å². The van der Waals surface area contributed by atoms with Gasteiger partial charge in [-0.05, 0) is 100 Å². The third kappa shape index (κ3) is 3.52. The summed E-state index contributed by atoms with van der Waals surface area (Å²) in [4.78, 5) is 28.9. The van der Waals surface area contributed by atoms with Crippen molar-refractivity contribution >= 4 is 22.8 Å². The van der Waals surface area contributed by atoms with Crippen LogP contribution in [-0.2, 0) is 22.4 Å². The first-order valence-electron chi connectivity index (χ1n) is 11.6. The zero-order chi connectivity index (χ0) is 20.8. The molecule has 0 spiro atoms. The molecule has 2 N–H and O–H groups in total. The molecular weight excluding hydrogens is 376 g/mol. The fraction of sp³-hybridized carbons (Fsp3) is 0.600. The molecule has 5 nitrogen and oxygen atoms in total. The normalized spacial score (nSPS) is 26.9. The van der Waals surface area contributed by atoms with Crippen LogP contribution in [0, 0.1) is 17.8 Å². The number of hydrogen-bond acceptors (Lipinski definition) is 3. The Morgan fingerprint density at radius 3 is 2.73 bits per heavy atom. The number of fused-ring (bicyclic) bond motifs is 5. The number of benzene rings is 1. The lowest BCUT2D eigenvalue weighted by Gasteiger charge is -2.29. The quantitative estimate of drug-likeness (QED) is 0.714. The number of nitrogens with one attached hydrogen (secondary N) is 2. The number of esters is 1. The smallest absolute Gasteiger partial charge is 0.338 e. The van der Waals surface area contributed by atoms with Crippen molar-refractivity contribution in [3.05, 3.63) is 35.0 Å². The molecule has 5 heteroatoms. The Morgan fingerprint density at radius 1 is 1.13 bits per heavy atom. The highest BCUT2D eigenvalue weighted by Crippen LogP contribution is 2.49. The Balaban J connectivity index is 1.22. The lowest BCUT2D eigenvalue weighted by atomic mass is 9.84. The van der Waals surface area contributed by atoms with Crippen LogP contribution in [0.15, 0.2) is 18.2 Å². The minimum atomic E-state index is -0.797. The summed E-state index contributed by atoms with van der Waals surface area (Å²) >= 11 is 0. The predicted octanol–water partition coefficient (Wildman–Crippen LogP) is 4.53. The van der Waals surface area contributed by atoms with E-state index >= 15 is 0 Å². The standard InChI is InChI=1S/C25H32N2O3/c1-14(20-12-16-7-8-17(20)11-16)26-24(28)15(2)30-25(29)18-9-10-23-21(13-18)19-5-3-4-6-22(19)27-23/h9-10,13-17,20,27H,3-8,11-12H2,1-2H3,(H,26,28)/t14-,15+,16+,17+,20+/m1/s1. The van der Waals surface area contributed by atoms with Crippen molar-refractivity contribution in [1.29, 1.82) is 0 Å². The van der Waals surface area contributed by atoms with E-state index in [9.17, 15) is 9.59 Å². The molecule has 1 aromatic carbocycles. The molecule has 2 saturated carbocycles. The summed E-state index contributed by atoms with van der Waals surface area (Å²) in [6, 6.07) is 5.79. The van der Waals surface area contributed by atoms with E-state index in [1.807, 2.05) is 12.1 Å². The van der Waals surface area contributed by atoms with Crippen molar-refractivity contribution in [3.63, 3.8) is 0 Å². The monoisotopic (exact) mass is 408 g/mol. The van der Waals surface area contributed by atoms with E-state index < -0.39 is 12.1 Å². The third-order valence-electron chi connectivity index (χ3n) is 7.79. The molecule has 2 aromatic rings. The second-order valence-electron chi connectivity index (χ2n) is 9.73. The van der Waals surface area contributed by atoms with Crippen LogP contribution in [0.2, 0.25) is 0 Å².